The number of amides is 1. The zero-order valence-corrected chi connectivity index (χ0v) is 20.0. The van der Waals surface area contributed by atoms with E-state index in [9.17, 15) is 10.1 Å². The van der Waals surface area contributed by atoms with Gasteiger partial charge in [0.2, 0.25) is 0 Å². The summed E-state index contributed by atoms with van der Waals surface area (Å²) in [6, 6.07) is 23.1. The maximum absolute atomic E-state index is 12.8. The Bertz CT molecular complexity index is 1430. The van der Waals surface area contributed by atoms with E-state index < -0.39 is 5.91 Å². The normalized spacial score (nSPS) is 11.2. The molecule has 6 heteroatoms. The molecule has 0 saturated heterocycles. The van der Waals surface area contributed by atoms with Crippen LogP contribution in [0.15, 0.2) is 78.5 Å². The van der Waals surface area contributed by atoms with E-state index >= 15 is 0 Å². The molecule has 4 rings (SSSR count). The molecule has 0 bridgehead atoms. The number of aromatic nitrogens is 1. The van der Waals surface area contributed by atoms with E-state index in [1.54, 1.807) is 37.5 Å². The molecule has 0 aliphatic heterocycles. The number of nitrogens with zero attached hydrogens (tertiary/aromatic N) is 2. The molecule has 1 heterocycles. The number of aryl methyl sites for hydroxylation is 2. The van der Waals surface area contributed by atoms with Gasteiger partial charge in [0.1, 0.15) is 29.7 Å². The van der Waals surface area contributed by atoms with Gasteiger partial charge in [0.15, 0.2) is 0 Å². The summed E-state index contributed by atoms with van der Waals surface area (Å²) in [5.74, 6) is 1.10. The van der Waals surface area contributed by atoms with Crippen molar-refractivity contribution >= 4 is 28.6 Å². The van der Waals surface area contributed by atoms with Crippen LogP contribution in [0.25, 0.3) is 17.0 Å². The molecule has 4 aromatic rings. The van der Waals surface area contributed by atoms with Crippen LogP contribution in [0, 0.1) is 25.2 Å². The summed E-state index contributed by atoms with van der Waals surface area (Å²) in [5, 5.41) is 13.4. The molecule has 0 fully saturated rings. The third-order valence-electron chi connectivity index (χ3n) is 5.77. The van der Waals surface area contributed by atoms with Crippen molar-refractivity contribution in [3.63, 3.8) is 0 Å². The number of hydrogen-bond acceptors (Lipinski definition) is 4. The summed E-state index contributed by atoms with van der Waals surface area (Å²) >= 11 is 0. The average Bonchev–Trinajstić information content (AvgIpc) is 3.22. The number of nitrogens with one attached hydrogen (secondary N) is 1. The average molecular weight is 466 g/mol. The van der Waals surface area contributed by atoms with Gasteiger partial charge in [-0.2, -0.15) is 5.26 Å². The number of methoxy groups -OCH3 is 1. The molecule has 1 amide bonds. The van der Waals surface area contributed by atoms with E-state index in [1.165, 1.54) is 0 Å². The fourth-order valence-electron chi connectivity index (χ4n) is 3.87. The number of fused-ring (bicyclic) bond motifs is 1. The zero-order chi connectivity index (χ0) is 24.8. The number of carbonyl (C=O) groups is 1. The van der Waals surface area contributed by atoms with Gasteiger partial charge in [-0.15, -0.1) is 0 Å². The maximum Gasteiger partial charge on any atom is 0.266 e. The second-order valence-corrected chi connectivity index (χ2v) is 8.26. The quantitative estimate of drug-likeness (QED) is 0.260. The Kier molecular flexibility index (Phi) is 7.18. The second kappa shape index (κ2) is 10.6. The lowest BCUT2D eigenvalue weighted by atomic mass is 10.1. The predicted molar refractivity (Wildman–Crippen MR) is 139 cm³/mol. The molecule has 0 aliphatic rings. The van der Waals surface area contributed by atoms with Crippen molar-refractivity contribution in [1.29, 1.82) is 5.26 Å². The fraction of sp³-hybridized carbons (Fsp3) is 0.172. The van der Waals surface area contributed by atoms with Crippen LogP contribution < -0.4 is 14.8 Å². The Hall–Kier alpha value is -4.50. The first-order valence-electron chi connectivity index (χ1n) is 11.3. The Balaban J connectivity index is 1.54. The molecule has 0 unspecified atom stereocenters. The molecule has 0 radical (unpaired) electrons. The molecule has 35 heavy (non-hydrogen) atoms. The summed E-state index contributed by atoms with van der Waals surface area (Å²) in [6.07, 6.45) is 3.58. The highest BCUT2D eigenvalue weighted by Gasteiger charge is 2.13. The SMILES string of the molecule is COc1ccc(NC(=O)C(C#N)=Cc2cn(CCOc3cc(C)ccc3C)c3ccccc23)cc1. The number of nitriles is 1. The summed E-state index contributed by atoms with van der Waals surface area (Å²) in [7, 11) is 1.58. The van der Waals surface area contributed by atoms with E-state index in [-0.39, 0.29) is 5.57 Å². The van der Waals surface area contributed by atoms with E-state index in [0.29, 0.717) is 24.6 Å². The minimum absolute atomic E-state index is 0.0235. The van der Waals surface area contributed by atoms with Gasteiger partial charge in [0, 0.05) is 28.4 Å². The van der Waals surface area contributed by atoms with Gasteiger partial charge >= 0.3 is 0 Å². The topological polar surface area (TPSA) is 76.3 Å². The number of para-hydroxylation sites is 1. The first-order valence-corrected chi connectivity index (χ1v) is 11.3. The molecule has 176 valence electrons. The number of benzene rings is 3. The van der Waals surface area contributed by atoms with Gasteiger partial charge in [-0.3, -0.25) is 4.79 Å². The Morgan fingerprint density at radius 1 is 1.09 bits per heavy atom. The third kappa shape index (κ3) is 5.53. The molecule has 0 saturated carbocycles. The van der Waals surface area contributed by atoms with E-state index in [4.69, 9.17) is 9.47 Å². The van der Waals surface area contributed by atoms with Crippen molar-refractivity contribution in [2.45, 2.75) is 20.4 Å². The van der Waals surface area contributed by atoms with Crippen LogP contribution >= 0.6 is 0 Å². The van der Waals surface area contributed by atoms with Gasteiger partial charge < -0.3 is 19.4 Å². The number of rotatable bonds is 8. The molecule has 0 spiro atoms. The van der Waals surface area contributed by atoms with Gasteiger partial charge in [-0.05, 0) is 67.4 Å². The summed E-state index contributed by atoms with van der Waals surface area (Å²) in [4.78, 5) is 12.8. The van der Waals surface area contributed by atoms with Crippen LogP contribution in [0.5, 0.6) is 11.5 Å². The van der Waals surface area contributed by atoms with Crippen molar-refractivity contribution in [3.8, 4) is 17.6 Å². The van der Waals surface area contributed by atoms with Gasteiger partial charge in [0.25, 0.3) is 5.91 Å². The van der Waals surface area contributed by atoms with Crippen LogP contribution in [0.2, 0.25) is 0 Å². The number of ether oxygens (including phenoxy) is 2. The van der Waals surface area contributed by atoms with E-state index in [0.717, 1.165) is 33.3 Å². The van der Waals surface area contributed by atoms with Gasteiger partial charge in [0.05, 0.1) is 13.7 Å². The first kappa shape index (κ1) is 23.7. The Morgan fingerprint density at radius 2 is 1.86 bits per heavy atom. The second-order valence-electron chi connectivity index (χ2n) is 8.26. The lowest BCUT2D eigenvalue weighted by Gasteiger charge is -2.11. The predicted octanol–water partition coefficient (Wildman–Crippen LogP) is 5.89. The molecule has 0 atom stereocenters. The largest absolute Gasteiger partial charge is 0.497 e. The van der Waals surface area contributed by atoms with Crippen molar-refractivity contribution in [2.75, 3.05) is 19.0 Å². The molecule has 0 aliphatic carbocycles. The monoisotopic (exact) mass is 465 g/mol. The molecule has 6 nitrogen and oxygen atoms in total. The van der Waals surface area contributed by atoms with Crippen molar-refractivity contribution in [3.05, 3.63) is 95.2 Å². The highest BCUT2D eigenvalue weighted by molar-refractivity contribution is 6.10. The lowest BCUT2D eigenvalue weighted by molar-refractivity contribution is -0.112. The third-order valence-corrected chi connectivity index (χ3v) is 5.77. The molecule has 1 N–H and O–H groups in total. The highest BCUT2D eigenvalue weighted by atomic mass is 16.5. The number of hydrogen-bond donors (Lipinski definition) is 1. The first-order chi connectivity index (χ1) is 17.0. The van der Waals surface area contributed by atoms with Crippen molar-refractivity contribution in [1.82, 2.24) is 4.57 Å². The van der Waals surface area contributed by atoms with Crippen LogP contribution in [-0.4, -0.2) is 24.2 Å². The molecule has 3 aromatic carbocycles. The summed E-state index contributed by atoms with van der Waals surface area (Å²) < 4.78 is 13.3. The van der Waals surface area contributed by atoms with Crippen LogP contribution in [-0.2, 0) is 11.3 Å². The zero-order valence-electron chi connectivity index (χ0n) is 20.0. The van der Waals surface area contributed by atoms with E-state index in [2.05, 4.69) is 22.0 Å². The maximum atomic E-state index is 12.8. The Morgan fingerprint density at radius 3 is 2.60 bits per heavy atom. The van der Waals surface area contributed by atoms with Crippen LogP contribution in [0.4, 0.5) is 5.69 Å². The van der Waals surface area contributed by atoms with Gasteiger partial charge in [-0.25, -0.2) is 0 Å². The van der Waals surface area contributed by atoms with Crippen molar-refractivity contribution in [2.24, 2.45) is 0 Å². The van der Waals surface area contributed by atoms with Crippen LogP contribution in [0.1, 0.15) is 16.7 Å². The highest BCUT2D eigenvalue weighted by Crippen LogP contribution is 2.25. The summed E-state index contributed by atoms with van der Waals surface area (Å²) in [5.41, 5.74) is 4.67. The Labute approximate surface area is 205 Å². The fourth-order valence-corrected chi connectivity index (χ4v) is 3.87. The molecular weight excluding hydrogens is 438 g/mol. The van der Waals surface area contributed by atoms with E-state index in [1.807, 2.05) is 56.4 Å². The smallest absolute Gasteiger partial charge is 0.266 e. The van der Waals surface area contributed by atoms with Crippen molar-refractivity contribution < 1.29 is 14.3 Å². The molecular formula is C29H27N3O3. The molecule has 1 aromatic heterocycles. The van der Waals surface area contributed by atoms with Crippen LogP contribution in [0.3, 0.4) is 0 Å². The lowest BCUT2D eigenvalue weighted by Crippen LogP contribution is -2.13. The van der Waals surface area contributed by atoms with Gasteiger partial charge in [-0.1, -0.05) is 30.3 Å². The number of anilines is 1. The number of carbonyl (C=O) groups excluding carboxylic acids is 1. The minimum Gasteiger partial charge on any atom is -0.497 e. The minimum atomic E-state index is -0.465. The standard InChI is InChI=1S/C29H27N3O3/c1-20-8-9-21(2)28(16-20)35-15-14-32-19-23(26-6-4-5-7-27(26)32)17-22(18-30)29(33)31-24-10-12-25(34-3)13-11-24/h4-13,16-17,19H,14-15H2,1-3H3,(H,31,33). The summed E-state index contributed by atoms with van der Waals surface area (Å²) in [6.45, 7) is 5.20.